The Bertz CT molecular complexity index is 551. The van der Waals surface area contributed by atoms with E-state index < -0.39 is 5.92 Å². The van der Waals surface area contributed by atoms with Crippen molar-refractivity contribution in [2.75, 3.05) is 0 Å². The highest BCUT2D eigenvalue weighted by atomic mass is 16.2. The molecule has 1 aliphatic heterocycles. The van der Waals surface area contributed by atoms with Gasteiger partial charge in [0.1, 0.15) is 11.6 Å². The van der Waals surface area contributed by atoms with E-state index >= 15 is 0 Å². The molecule has 2 fully saturated rings. The van der Waals surface area contributed by atoms with Crippen molar-refractivity contribution < 1.29 is 14.4 Å². The van der Waals surface area contributed by atoms with Crippen LogP contribution in [0.2, 0.25) is 0 Å². The van der Waals surface area contributed by atoms with Crippen molar-refractivity contribution in [3.8, 4) is 0 Å². The van der Waals surface area contributed by atoms with E-state index in [1.54, 1.807) is 4.90 Å². The van der Waals surface area contributed by atoms with E-state index in [9.17, 15) is 14.4 Å². The van der Waals surface area contributed by atoms with Gasteiger partial charge in [0.05, 0.1) is 5.92 Å². The van der Waals surface area contributed by atoms with Crippen molar-refractivity contribution in [1.82, 2.24) is 4.90 Å². The highest BCUT2D eigenvalue weighted by Gasteiger charge is 2.44. The van der Waals surface area contributed by atoms with Crippen LogP contribution in [-0.2, 0) is 20.9 Å². The molecule has 1 aromatic carbocycles. The van der Waals surface area contributed by atoms with Crippen LogP contribution in [0.5, 0.6) is 0 Å². The molecule has 1 saturated carbocycles. The van der Waals surface area contributed by atoms with Crippen molar-refractivity contribution in [3.63, 3.8) is 0 Å². The van der Waals surface area contributed by atoms with E-state index in [1.807, 2.05) is 30.3 Å². The molecule has 1 aliphatic carbocycles. The van der Waals surface area contributed by atoms with Crippen LogP contribution in [0.15, 0.2) is 30.3 Å². The van der Waals surface area contributed by atoms with Crippen LogP contribution in [0, 0.1) is 5.92 Å². The van der Waals surface area contributed by atoms with Crippen molar-refractivity contribution in [3.05, 3.63) is 35.9 Å². The number of likely N-dealkylation sites (tertiary alicyclic amines) is 1. The van der Waals surface area contributed by atoms with Gasteiger partial charge in [0.25, 0.3) is 0 Å². The van der Waals surface area contributed by atoms with Gasteiger partial charge in [0.15, 0.2) is 0 Å². The average Bonchev–Trinajstić information content (AvgIpc) is 2.82. The van der Waals surface area contributed by atoms with Gasteiger partial charge in [-0.1, -0.05) is 30.3 Å². The Morgan fingerprint density at radius 3 is 2.29 bits per heavy atom. The van der Waals surface area contributed by atoms with Gasteiger partial charge in [-0.2, -0.15) is 0 Å². The molecule has 1 aromatic rings. The molecule has 0 radical (unpaired) electrons. The smallest absolute Gasteiger partial charge is 0.223 e. The molecule has 2 aliphatic rings. The van der Waals surface area contributed by atoms with Gasteiger partial charge >= 0.3 is 0 Å². The standard InChI is InChI=1S/C17H19NO3/c19-14-7-4-8-15(20)17(14)13-9-10-16(21)18(13)11-12-5-2-1-3-6-12/h1-3,5-6,13,17H,4,7-11H2. The normalized spacial score (nSPS) is 23.9. The van der Waals surface area contributed by atoms with E-state index in [1.165, 1.54) is 0 Å². The fraction of sp³-hybridized carbons (Fsp3) is 0.471. The van der Waals surface area contributed by atoms with Gasteiger partial charge in [0.2, 0.25) is 5.91 Å². The molecule has 21 heavy (non-hydrogen) atoms. The van der Waals surface area contributed by atoms with Gasteiger partial charge in [-0.15, -0.1) is 0 Å². The zero-order valence-electron chi connectivity index (χ0n) is 12.0. The first-order chi connectivity index (χ1) is 10.2. The van der Waals surface area contributed by atoms with Crippen LogP contribution in [0.1, 0.15) is 37.7 Å². The lowest BCUT2D eigenvalue weighted by molar-refractivity contribution is -0.140. The lowest BCUT2D eigenvalue weighted by Crippen LogP contribution is -2.46. The monoisotopic (exact) mass is 285 g/mol. The average molecular weight is 285 g/mol. The summed E-state index contributed by atoms with van der Waals surface area (Å²) >= 11 is 0. The van der Waals surface area contributed by atoms with E-state index in [0.29, 0.717) is 38.6 Å². The molecule has 0 N–H and O–H groups in total. The summed E-state index contributed by atoms with van der Waals surface area (Å²) in [6.07, 6.45) is 2.66. The van der Waals surface area contributed by atoms with E-state index in [4.69, 9.17) is 0 Å². The van der Waals surface area contributed by atoms with Crippen LogP contribution in [0.4, 0.5) is 0 Å². The number of nitrogens with zero attached hydrogens (tertiary/aromatic N) is 1. The first-order valence-corrected chi connectivity index (χ1v) is 7.55. The van der Waals surface area contributed by atoms with Crippen LogP contribution in [0.3, 0.4) is 0 Å². The number of carbonyl (C=O) groups excluding carboxylic acids is 3. The minimum absolute atomic E-state index is 0.0176. The second-order valence-corrected chi connectivity index (χ2v) is 5.88. The first-order valence-electron chi connectivity index (χ1n) is 7.55. The zero-order chi connectivity index (χ0) is 14.8. The fourth-order valence-corrected chi connectivity index (χ4v) is 3.44. The Kier molecular flexibility index (Phi) is 3.86. The number of amides is 1. The predicted octanol–water partition coefficient (Wildman–Crippen LogP) is 2.12. The molecular formula is C17H19NO3. The Hall–Kier alpha value is -1.97. The highest BCUT2D eigenvalue weighted by Crippen LogP contribution is 2.32. The number of benzene rings is 1. The van der Waals surface area contributed by atoms with Crippen molar-refractivity contribution in [2.45, 2.75) is 44.7 Å². The van der Waals surface area contributed by atoms with Gasteiger partial charge in [-0.05, 0) is 18.4 Å². The molecule has 0 bridgehead atoms. The molecule has 3 rings (SSSR count). The first kappa shape index (κ1) is 14.0. The van der Waals surface area contributed by atoms with Crippen LogP contribution < -0.4 is 0 Å². The molecule has 4 heteroatoms. The molecular weight excluding hydrogens is 266 g/mol. The molecule has 1 atom stereocenters. The van der Waals surface area contributed by atoms with Gasteiger partial charge in [-0.3, -0.25) is 14.4 Å². The largest absolute Gasteiger partial charge is 0.334 e. The van der Waals surface area contributed by atoms with Crippen LogP contribution in [-0.4, -0.2) is 28.4 Å². The summed E-state index contributed by atoms with van der Waals surface area (Å²) in [6, 6.07) is 9.49. The number of carbonyl (C=O) groups is 3. The molecule has 1 heterocycles. The van der Waals surface area contributed by atoms with E-state index in [0.717, 1.165) is 5.56 Å². The Balaban J connectivity index is 1.82. The third-order valence-corrected chi connectivity index (χ3v) is 4.50. The summed E-state index contributed by atoms with van der Waals surface area (Å²) in [7, 11) is 0. The lowest BCUT2D eigenvalue weighted by atomic mass is 9.80. The third kappa shape index (κ3) is 2.75. The maximum atomic E-state index is 12.1. The highest BCUT2D eigenvalue weighted by molar-refractivity contribution is 6.05. The van der Waals surface area contributed by atoms with Gasteiger partial charge < -0.3 is 4.90 Å². The lowest BCUT2D eigenvalue weighted by Gasteiger charge is -2.32. The molecule has 1 saturated heterocycles. The second kappa shape index (κ2) is 5.80. The topological polar surface area (TPSA) is 54.5 Å². The van der Waals surface area contributed by atoms with Gasteiger partial charge in [-0.25, -0.2) is 0 Å². The van der Waals surface area contributed by atoms with Crippen molar-refractivity contribution >= 4 is 17.5 Å². The predicted molar refractivity (Wildman–Crippen MR) is 77.4 cm³/mol. The molecule has 0 spiro atoms. The summed E-state index contributed by atoms with van der Waals surface area (Å²) in [5.41, 5.74) is 1.04. The maximum absolute atomic E-state index is 12.1. The molecule has 1 amide bonds. The number of hydrogen-bond acceptors (Lipinski definition) is 3. The Morgan fingerprint density at radius 1 is 0.952 bits per heavy atom. The second-order valence-electron chi connectivity index (χ2n) is 5.88. The summed E-state index contributed by atoms with van der Waals surface area (Å²) in [5, 5.41) is 0. The molecule has 4 nitrogen and oxygen atoms in total. The molecule has 0 aromatic heterocycles. The number of Topliss-reactive ketones (excluding diaryl/α,β-unsaturated/α-hetero) is 2. The number of ketones is 2. The summed E-state index contributed by atoms with van der Waals surface area (Å²) in [5.74, 6) is -0.503. The van der Waals surface area contributed by atoms with E-state index in [2.05, 4.69) is 0 Å². The molecule has 110 valence electrons. The minimum Gasteiger partial charge on any atom is -0.334 e. The SMILES string of the molecule is O=C1CCCC(=O)C1C1CCC(=O)N1Cc1ccccc1. The Morgan fingerprint density at radius 2 is 1.62 bits per heavy atom. The van der Waals surface area contributed by atoms with Crippen LogP contribution in [0.25, 0.3) is 0 Å². The summed E-state index contributed by atoms with van der Waals surface area (Å²) < 4.78 is 0. The Labute approximate surface area is 124 Å². The van der Waals surface area contributed by atoms with Crippen molar-refractivity contribution in [2.24, 2.45) is 5.92 Å². The number of hydrogen-bond donors (Lipinski definition) is 0. The van der Waals surface area contributed by atoms with Gasteiger partial charge in [0, 0.05) is 31.8 Å². The summed E-state index contributed by atoms with van der Waals surface area (Å²) in [6.45, 7) is 0.487. The molecule has 1 unspecified atom stereocenters. The quantitative estimate of drug-likeness (QED) is 0.799. The number of rotatable bonds is 3. The third-order valence-electron chi connectivity index (χ3n) is 4.50. The van der Waals surface area contributed by atoms with Crippen molar-refractivity contribution in [1.29, 1.82) is 0 Å². The fourth-order valence-electron chi connectivity index (χ4n) is 3.44. The minimum atomic E-state index is -0.589. The summed E-state index contributed by atoms with van der Waals surface area (Å²) in [4.78, 5) is 38.2. The maximum Gasteiger partial charge on any atom is 0.223 e. The van der Waals surface area contributed by atoms with E-state index in [-0.39, 0.29) is 23.5 Å². The van der Waals surface area contributed by atoms with Crippen LogP contribution >= 0.6 is 0 Å². The zero-order valence-corrected chi connectivity index (χ0v) is 12.0.